The highest BCUT2D eigenvalue weighted by Crippen LogP contribution is 2.40. The molecule has 3 aromatic rings. The summed E-state index contributed by atoms with van der Waals surface area (Å²) in [6.07, 6.45) is 20.6. The summed E-state index contributed by atoms with van der Waals surface area (Å²) >= 11 is 0. The minimum absolute atomic E-state index is 0.151. The van der Waals surface area contributed by atoms with E-state index in [4.69, 9.17) is 0 Å². The lowest BCUT2D eigenvalue weighted by Gasteiger charge is -2.36. The monoisotopic (exact) mass is 543 g/mol. The topological polar surface area (TPSA) is 93.8 Å². The summed E-state index contributed by atoms with van der Waals surface area (Å²) in [5.74, 6) is 1.65. The summed E-state index contributed by atoms with van der Waals surface area (Å²) in [6.45, 7) is 7.42. The third-order valence-electron chi connectivity index (χ3n) is 9.38. The fourth-order valence-corrected chi connectivity index (χ4v) is 7.04. The molecule has 1 N–H and O–H groups in total. The maximum Gasteiger partial charge on any atom is 0.328 e. The second kappa shape index (κ2) is 12.9. The standard InChI is InChI=1S/C32H45N7O/c1-4-7-16-28-22-38(29-24(5-2)12-9-8-10-13-25(29)6-3)31(40)39(28)23-32(17-19-33-20-18-32)27-15-11-14-26(21-27)30-34-36-37-35-30/h11,14-15,17,19-22,24-25,29H,4-10,12-13,16,18,23H2,1-3H3,(H,34,35,36,37). The Morgan fingerprint density at radius 2 is 1.88 bits per heavy atom. The molecule has 1 aliphatic heterocycles. The number of H-pyrrole nitrogens is 1. The van der Waals surface area contributed by atoms with Gasteiger partial charge in [-0.15, -0.1) is 10.2 Å². The number of hydrogen-bond donors (Lipinski definition) is 1. The van der Waals surface area contributed by atoms with Gasteiger partial charge in [0.05, 0.1) is 0 Å². The van der Waals surface area contributed by atoms with Gasteiger partial charge >= 0.3 is 5.69 Å². The Morgan fingerprint density at radius 1 is 1.07 bits per heavy atom. The van der Waals surface area contributed by atoms with Crippen LogP contribution in [0.2, 0.25) is 0 Å². The predicted octanol–water partition coefficient (Wildman–Crippen LogP) is 6.66. The molecule has 1 fully saturated rings. The van der Waals surface area contributed by atoms with Gasteiger partial charge < -0.3 is 0 Å². The molecule has 0 amide bonds. The van der Waals surface area contributed by atoms with Crippen LogP contribution < -0.4 is 5.69 Å². The van der Waals surface area contributed by atoms with Gasteiger partial charge in [0.15, 0.2) is 0 Å². The molecule has 0 spiro atoms. The van der Waals surface area contributed by atoms with Crippen LogP contribution in [0, 0.1) is 11.8 Å². The number of nitrogens with one attached hydrogen (secondary N) is 1. The molecule has 1 aromatic carbocycles. The largest absolute Gasteiger partial charge is 0.328 e. The number of aromatic amines is 1. The number of tetrazole rings is 1. The number of aromatic nitrogens is 6. The second-order valence-electron chi connectivity index (χ2n) is 11.8. The molecule has 8 nitrogen and oxygen atoms in total. The third-order valence-corrected chi connectivity index (χ3v) is 9.38. The summed E-state index contributed by atoms with van der Waals surface area (Å²) in [4.78, 5) is 18.9. The number of unbranched alkanes of at least 4 members (excludes halogenated alkanes) is 1. The zero-order valence-corrected chi connectivity index (χ0v) is 24.4. The van der Waals surface area contributed by atoms with Crippen LogP contribution >= 0.6 is 0 Å². The van der Waals surface area contributed by atoms with Gasteiger partial charge in [-0.2, -0.15) is 5.21 Å². The maximum atomic E-state index is 14.5. The molecule has 0 bridgehead atoms. The SMILES string of the molecule is CCCCc1cn(C2C(CC)CCCCCC2CC)c(=O)n1CC1(c2cccc(-c3nn[nH]n3)c2)C=CN=CC1. The Labute approximate surface area is 238 Å². The first-order valence-corrected chi connectivity index (χ1v) is 15.4. The van der Waals surface area contributed by atoms with E-state index in [0.717, 1.165) is 55.3 Å². The number of aliphatic imine (C=N–C) groups is 1. The normalized spacial score (nSPS) is 25.1. The van der Waals surface area contributed by atoms with E-state index in [1.54, 1.807) is 0 Å². The molecule has 3 unspecified atom stereocenters. The highest BCUT2D eigenvalue weighted by atomic mass is 16.1. The lowest BCUT2D eigenvalue weighted by atomic mass is 9.76. The van der Waals surface area contributed by atoms with E-state index < -0.39 is 5.41 Å². The van der Waals surface area contributed by atoms with Crippen LogP contribution in [0.3, 0.4) is 0 Å². The molecular weight excluding hydrogens is 498 g/mol. The van der Waals surface area contributed by atoms with Gasteiger partial charge in [0.2, 0.25) is 5.82 Å². The molecule has 1 aliphatic carbocycles. The van der Waals surface area contributed by atoms with Crippen molar-refractivity contribution in [1.29, 1.82) is 0 Å². The van der Waals surface area contributed by atoms with Crippen molar-refractivity contribution in [3.05, 3.63) is 64.5 Å². The highest BCUT2D eigenvalue weighted by Gasteiger charge is 2.36. The van der Waals surface area contributed by atoms with Crippen LogP contribution in [0.25, 0.3) is 11.4 Å². The Morgan fingerprint density at radius 3 is 2.52 bits per heavy atom. The van der Waals surface area contributed by atoms with Gasteiger partial charge in [-0.3, -0.25) is 14.1 Å². The average Bonchev–Trinajstić information content (AvgIpc) is 3.62. The number of benzene rings is 1. The van der Waals surface area contributed by atoms with E-state index in [0.29, 0.717) is 24.2 Å². The lowest BCUT2D eigenvalue weighted by molar-refractivity contribution is 0.170. The molecular formula is C32H45N7O. The molecule has 2 aromatic heterocycles. The minimum atomic E-state index is -0.395. The van der Waals surface area contributed by atoms with Crippen LogP contribution in [-0.2, 0) is 18.4 Å². The van der Waals surface area contributed by atoms with Gasteiger partial charge in [-0.1, -0.05) is 83.6 Å². The van der Waals surface area contributed by atoms with Crippen LogP contribution in [0.15, 0.2) is 52.5 Å². The third kappa shape index (κ3) is 5.77. The van der Waals surface area contributed by atoms with Gasteiger partial charge in [-0.25, -0.2) is 4.79 Å². The van der Waals surface area contributed by atoms with E-state index in [9.17, 15) is 4.79 Å². The van der Waals surface area contributed by atoms with Gasteiger partial charge in [-0.05, 0) is 60.8 Å². The second-order valence-corrected chi connectivity index (χ2v) is 11.8. The average molecular weight is 544 g/mol. The quantitative estimate of drug-likeness (QED) is 0.309. The van der Waals surface area contributed by atoms with Crippen molar-refractivity contribution >= 4 is 6.21 Å². The van der Waals surface area contributed by atoms with Gasteiger partial charge in [0.1, 0.15) is 0 Å². The summed E-state index contributed by atoms with van der Waals surface area (Å²) in [5, 5.41) is 14.7. The molecule has 3 atom stereocenters. The molecule has 214 valence electrons. The van der Waals surface area contributed by atoms with Crippen LogP contribution in [-0.4, -0.2) is 36.0 Å². The smallest absolute Gasteiger partial charge is 0.295 e. The first-order chi connectivity index (χ1) is 19.6. The molecule has 0 radical (unpaired) electrons. The summed E-state index contributed by atoms with van der Waals surface area (Å²) < 4.78 is 4.26. The molecule has 8 heteroatoms. The first-order valence-electron chi connectivity index (χ1n) is 15.4. The van der Waals surface area contributed by atoms with Crippen LogP contribution in [0.4, 0.5) is 0 Å². The Kier molecular flexibility index (Phi) is 9.12. The van der Waals surface area contributed by atoms with E-state index in [1.165, 1.54) is 32.1 Å². The number of rotatable bonds is 10. The van der Waals surface area contributed by atoms with Gasteiger partial charge in [0.25, 0.3) is 0 Å². The lowest BCUT2D eigenvalue weighted by Crippen LogP contribution is -2.40. The number of hydrogen-bond acceptors (Lipinski definition) is 5. The number of imidazole rings is 1. The zero-order chi connectivity index (χ0) is 28.0. The van der Waals surface area contributed by atoms with E-state index >= 15 is 0 Å². The summed E-state index contributed by atoms with van der Waals surface area (Å²) in [6, 6.07) is 8.60. The zero-order valence-electron chi connectivity index (χ0n) is 24.4. The molecule has 0 saturated heterocycles. The van der Waals surface area contributed by atoms with E-state index in [-0.39, 0.29) is 11.7 Å². The Hall–Kier alpha value is -3.29. The Bertz CT molecular complexity index is 1340. The van der Waals surface area contributed by atoms with Gasteiger partial charge in [0, 0.05) is 47.9 Å². The van der Waals surface area contributed by atoms with Crippen molar-refractivity contribution in [3.8, 4) is 11.4 Å². The van der Waals surface area contributed by atoms with Crippen molar-refractivity contribution in [1.82, 2.24) is 29.8 Å². The fourth-order valence-electron chi connectivity index (χ4n) is 7.04. The van der Waals surface area contributed by atoms with Crippen molar-refractivity contribution in [2.75, 3.05) is 0 Å². The van der Waals surface area contributed by atoms with E-state index in [1.807, 2.05) is 24.5 Å². The van der Waals surface area contributed by atoms with Crippen molar-refractivity contribution in [2.24, 2.45) is 16.8 Å². The number of allylic oxidation sites excluding steroid dienone is 1. The molecule has 5 rings (SSSR count). The summed E-state index contributed by atoms with van der Waals surface area (Å²) in [5.41, 5.74) is 2.94. The molecule has 2 aliphatic rings. The van der Waals surface area contributed by atoms with Crippen molar-refractivity contribution in [2.45, 2.75) is 109 Å². The number of nitrogens with zero attached hydrogens (tertiary/aromatic N) is 6. The first kappa shape index (κ1) is 28.2. The Balaban J connectivity index is 1.59. The molecule has 40 heavy (non-hydrogen) atoms. The van der Waals surface area contributed by atoms with Crippen LogP contribution in [0.1, 0.15) is 102 Å². The van der Waals surface area contributed by atoms with E-state index in [2.05, 4.69) is 79.9 Å². The maximum absolute atomic E-state index is 14.5. The highest BCUT2D eigenvalue weighted by molar-refractivity contribution is 5.65. The molecule has 3 heterocycles. The fraction of sp³-hybridized carbons (Fsp3) is 0.594. The molecule has 1 saturated carbocycles. The van der Waals surface area contributed by atoms with Crippen LogP contribution in [0.5, 0.6) is 0 Å². The summed E-state index contributed by atoms with van der Waals surface area (Å²) in [7, 11) is 0. The minimum Gasteiger partial charge on any atom is -0.295 e. The van der Waals surface area contributed by atoms with Crippen molar-refractivity contribution < 1.29 is 0 Å². The predicted molar refractivity (Wildman–Crippen MR) is 161 cm³/mol. The van der Waals surface area contributed by atoms with Crippen molar-refractivity contribution in [3.63, 3.8) is 0 Å². The number of aryl methyl sites for hydroxylation is 1.